The Bertz CT molecular complexity index is 1580. The first-order valence-corrected chi connectivity index (χ1v) is 17.0. The van der Waals surface area contributed by atoms with Crippen molar-refractivity contribution in [3.8, 4) is 0 Å². The Labute approximate surface area is 283 Å². The van der Waals surface area contributed by atoms with Gasteiger partial charge in [-0.2, -0.15) is 0 Å². The largest absolute Gasteiger partial charge is 0.114 e. The van der Waals surface area contributed by atoms with Crippen LogP contribution >= 0.6 is 23.2 Å². The maximum Gasteiger partial charge on any atom is 0.0923 e. The van der Waals surface area contributed by atoms with Crippen LogP contribution < -0.4 is 0 Å². The summed E-state index contributed by atoms with van der Waals surface area (Å²) in [5.74, 6) is 0.767. The SMILES string of the molecule is CC1=C(c2ccccc2)c2c(C(C)C)cccc2C1(Cl)[SiH2]C1(Cl)C(C)=C(c2ccccc2)c2c(C(C)C)cccc21.[Zr]. The van der Waals surface area contributed by atoms with Crippen molar-refractivity contribution in [3.63, 3.8) is 0 Å². The van der Waals surface area contributed by atoms with E-state index in [0.717, 1.165) is 0 Å². The number of alkyl halides is 2. The molecule has 212 valence electrons. The molecule has 0 saturated carbocycles. The van der Waals surface area contributed by atoms with Gasteiger partial charge in [0, 0.05) is 26.2 Å². The van der Waals surface area contributed by atoms with E-state index in [1.165, 1.54) is 66.8 Å². The van der Waals surface area contributed by atoms with Crippen molar-refractivity contribution in [1.82, 2.24) is 0 Å². The van der Waals surface area contributed by atoms with Crippen LogP contribution in [0.1, 0.15) is 97.9 Å². The van der Waals surface area contributed by atoms with E-state index in [9.17, 15) is 0 Å². The summed E-state index contributed by atoms with van der Waals surface area (Å²) in [5.41, 5.74) is 15.3. The van der Waals surface area contributed by atoms with E-state index in [4.69, 9.17) is 23.2 Å². The predicted octanol–water partition coefficient (Wildman–Crippen LogP) is 10.3. The van der Waals surface area contributed by atoms with Gasteiger partial charge >= 0.3 is 0 Å². The number of allylic oxidation sites excluding steroid dienone is 2. The van der Waals surface area contributed by atoms with Crippen LogP contribution in [0.5, 0.6) is 0 Å². The molecule has 0 radical (unpaired) electrons. The van der Waals surface area contributed by atoms with Gasteiger partial charge in [-0.05, 0) is 92.5 Å². The third-order valence-corrected chi connectivity index (χ3v) is 13.9. The number of hydrogen-bond donors (Lipinski definition) is 0. The van der Waals surface area contributed by atoms with E-state index < -0.39 is 18.5 Å². The molecule has 0 aliphatic heterocycles. The van der Waals surface area contributed by atoms with E-state index in [1.54, 1.807) is 0 Å². The zero-order valence-corrected chi connectivity index (χ0v) is 30.7. The second-order valence-electron chi connectivity index (χ2n) is 12.4. The summed E-state index contributed by atoms with van der Waals surface area (Å²) in [4.78, 5) is 0. The molecule has 2 atom stereocenters. The summed E-state index contributed by atoms with van der Waals surface area (Å²) in [6.45, 7) is 13.6. The van der Waals surface area contributed by atoms with Crippen molar-refractivity contribution in [1.29, 1.82) is 0 Å². The van der Waals surface area contributed by atoms with Crippen molar-refractivity contribution in [3.05, 3.63) is 153 Å². The fraction of sp³-hybridized carbons (Fsp3) is 0.263. The summed E-state index contributed by atoms with van der Waals surface area (Å²) in [7, 11) is -1.28. The maximum atomic E-state index is 8.07. The van der Waals surface area contributed by atoms with Crippen molar-refractivity contribution >= 4 is 43.9 Å². The van der Waals surface area contributed by atoms with Crippen molar-refractivity contribution in [2.45, 2.75) is 62.4 Å². The standard InChI is InChI=1S/C38H38Cl2Si.Zr/c1-23(2)29-19-13-21-31-35(29)33(27-15-9-7-10-16-27)25(5)37(31,39)41-38(40)26(6)34(28-17-11-8-12-18-28)36-30(24(3)4)20-14-22-32(36)38;/h7-24H,41H2,1-6H3;. The van der Waals surface area contributed by atoms with Gasteiger partial charge in [0.2, 0.25) is 0 Å². The molecule has 2 unspecified atom stereocenters. The van der Waals surface area contributed by atoms with Gasteiger partial charge < -0.3 is 0 Å². The smallest absolute Gasteiger partial charge is 0.0923 e. The van der Waals surface area contributed by atoms with Crippen LogP contribution in [0.3, 0.4) is 0 Å². The molecule has 4 aromatic carbocycles. The Morgan fingerprint density at radius 1 is 0.524 bits per heavy atom. The molecule has 4 aromatic rings. The molecule has 2 aliphatic rings. The molecule has 0 N–H and O–H groups in total. The molecule has 0 aromatic heterocycles. The van der Waals surface area contributed by atoms with Gasteiger partial charge in [0.05, 0.1) is 18.5 Å². The number of hydrogen-bond acceptors (Lipinski definition) is 0. The average molecular weight is 685 g/mol. The first kappa shape index (κ1) is 31.5. The normalized spacial score (nSPS) is 21.5. The van der Waals surface area contributed by atoms with E-state index in [0.29, 0.717) is 11.8 Å². The van der Waals surface area contributed by atoms with Gasteiger partial charge in [0.1, 0.15) is 0 Å². The maximum absolute atomic E-state index is 8.07. The van der Waals surface area contributed by atoms with Gasteiger partial charge in [-0.1, -0.05) is 125 Å². The quantitative estimate of drug-likeness (QED) is 0.140. The summed E-state index contributed by atoms with van der Waals surface area (Å²) >= 11 is 16.1. The molecule has 0 nitrogen and oxygen atoms in total. The Morgan fingerprint density at radius 3 is 1.21 bits per heavy atom. The molecule has 0 amide bonds. The second kappa shape index (κ2) is 11.9. The molecule has 0 spiro atoms. The number of rotatable bonds is 6. The molecule has 0 saturated heterocycles. The Kier molecular flexibility index (Phi) is 8.88. The number of fused-ring (bicyclic) bond motifs is 2. The van der Waals surface area contributed by atoms with E-state index in [2.05, 4.69) is 139 Å². The van der Waals surface area contributed by atoms with Gasteiger partial charge in [-0.3, -0.25) is 0 Å². The van der Waals surface area contributed by atoms with Crippen LogP contribution in [0, 0.1) is 0 Å². The van der Waals surface area contributed by atoms with Crippen LogP contribution in [-0.2, 0) is 35.2 Å². The molecule has 0 bridgehead atoms. The van der Waals surface area contributed by atoms with Crippen LogP contribution in [0.2, 0.25) is 0 Å². The minimum absolute atomic E-state index is 0. The molecule has 0 fully saturated rings. The van der Waals surface area contributed by atoms with Gasteiger partial charge in [-0.15, -0.1) is 23.2 Å². The molecular formula is C38H38Cl2SiZr. The summed E-state index contributed by atoms with van der Waals surface area (Å²) in [6, 6.07) is 35.0. The van der Waals surface area contributed by atoms with Gasteiger partial charge in [-0.25, -0.2) is 0 Å². The zero-order chi connectivity index (χ0) is 29.1. The van der Waals surface area contributed by atoms with Crippen molar-refractivity contribution in [2.75, 3.05) is 0 Å². The Hall–Kier alpha value is -1.96. The first-order valence-electron chi connectivity index (χ1n) is 14.8. The predicted molar refractivity (Wildman–Crippen MR) is 181 cm³/mol. The van der Waals surface area contributed by atoms with E-state index >= 15 is 0 Å². The Morgan fingerprint density at radius 2 is 0.881 bits per heavy atom. The third kappa shape index (κ3) is 4.82. The first-order chi connectivity index (χ1) is 19.6. The molecule has 42 heavy (non-hydrogen) atoms. The summed E-state index contributed by atoms with van der Waals surface area (Å²) < 4.78 is -1.24. The topological polar surface area (TPSA) is 0 Å². The second-order valence-corrected chi connectivity index (χ2v) is 17.0. The van der Waals surface area contributed by atoms with Crippen LogP contribution in [0.15, 0.2) is 108 Å². The number of halogens is 2. The van der Waals surface area contributed by atoms with Gasteiger partial charge in [0.25, 0.3) is 0 Å². The van der Waals surface area contributed by atoms with E-state index in [1.807, 2.05) is 0 Å². The van der Waals surface area contributed by atoms with Crippen LogP contribution in [0.25, 0.3) is 11.1 Å². The molecular weight excluding hydrogens is 647 g/mol. The fourth-order valence-electron chi connectivity index (χ4n) is 7.22. The monoisotopic (exact) mass is 682 g/mol. The minimum atomic E-state index is -1.28. The molecule has 6 rings (SSSR count). The Balaban J connectivity index is 0.00000353. The minimum Gasteiger partial charge on any atom is -0.114 e. The molecule has 2 aliphatic carbocycles. The van der Waals surface area contributed by atoms with Crippen LogP contribution in [-0.4, -0.2) is 9.52 Å². The average Bonchev–Trinajstić information content (AvgIpc) is 3.33. The summed E-state index contributed by atoms with van der Waals surface area (Å²) in [6.07, 6.45) is 0. The summed E-state index contributed by atoms with van der Waals surface area (Å²) in [5, 5.41) is 0. The van der Waals surface area contributed by atoms with Gasteiger partial charge in [0.15, 0.2) is 0 Å². The van der Waals surface area contributed by atoms with Crippen LogP contribution in [0.4, 0.5) is 0 Å². The fourth-order valence-corrected chi connectivity index (χ4v) is 11.7. The van der Waals surface area contributed by atoms with E-state index in [-0.39, 0.29) is 26.2 Å². The molecule has 4 heteroatoms. The van der Waals surface area contributed by atoms with Crippen molar-refractivity contribution < 1.29 is 26.2 Å². The van der Waals surface area contributed by atoms with Crippen molar-refractivity contribution in [2.24, 2.45) is 0 Å². The number of benzene rings is 4. The molecule has 0 heterocycles. The zero-order valence-electron chi connectivity index (χ0n) is 25.4. The third-order valence-electron chi connectivity index (χ3n) is 9.34.